The van der Waals surface area contributed by atoms with Crippen molar-refractivity contribution < 1.29 is 9.53 Å². The highest BCUT2D eigenvalue weighted by Gasteiger charge is 2.22. The van der Waals surface area contributed by atoms with E-state index in [2.05, 4.69) is 46.8 Å². The Morgan fingerprint density at radius 1 is 1.43 bits per heavy atom. The molecule has 0 bridgehead atoms. The van der Waals surface area contributed by atoms with Gasteiger partial charge in [0.05, 0.1) is 12.3 Å². The molecule has 3 rings (SSSR count). The molecular weight excluding hydrogens is 334 g/mol. The SMILES string of the molecule is CCc1ccc(-c2csc(NC(=O)C3CNCCO3)n2)cc1.Cl. The molecule has 124 valence electrons. The van der Waals surface area contributed by atoms with Crippen LogP contribution in [0.1, 0.15) is 12.5 Å². The van der Waals surface area contributed by atoms with Gasteiger partial charge in [0.25, 0.3) is 5.91 Å². The lowest BCUT2D eigenvalue weighted by Gasteiger charge is -2.22. The Hall–Kier alpha value is -1.47. The van der Waals surface area contributed by atoms with Crippen molar-refractivity contribution in [2.75, 3.05) is 25.0 Å². The lowest BCUT2D eigenvalue weighted by atomic mass is 10.1. The molecular formula is C16H20ClN3O2S. The first-order valence-electron chi connectivity index (χ1n) is 7.44. The largest absolute Gasteiger partial charge is 0.366 e. The van der Waals surface area contributed by atoms with Crippen molar-refractivity contribution in [2.45, 2.75) is 19.4 Å². The van der Waals surface area contributed by atoms with Crippen LogP contribution in [0.2, 0.25) is 0 Å². The van der Waals surface area contributed by atoms with Crippen LogP contribution >= 0.6 is 23.7 Å². The first kappa shape index (κ1) is 17.9. The van der Waals surface area contributed by atoms with E-state index in [9.17, 15) is 4.79 Å². The van der Waals surface area contributed by atoms with Crippen molar-refractivity contribution in [3.05, 3.63) is 35.2 Å². The van der Waals surface area contributed by atoms with Gasteiger partial charge in [-0.3, -0.25) is 10.1 Å². The summed E-state index contributed by atoms with van der Waals surface area (Å²) in [6, 6.07) is 8.34. The van der Waals surface area contributed by atoms with Gasteiger partial charge in [-0.05, 0) is 12.0 Å². The fourth-order valence-corrected chi connectivity index (χ4v) is 3.02. The van der Waals surface area contributed by atoms with Crippen LogP contribution in [-0.4, -0.2) is 36.7 Å². The first-order chi connectivity index (χ1) is 10.8. The number of aromatic nitrogens is 1. The minimum atomic E-state index is -0.440. The van der Waals surface area contributed by atoms with Gasteiger partial charge in [-0.15, -0.1) is 23.7 Å². The normalized spacial score (nSPS) is 17.3. The number of nitrogens with zero attached hydrogens (tertiary/aromatic N) is 1. The van der Waals surface area contributed by atoms with Gasteiger partial charge in [0.15, 0.2) is 5.13 Å². The number of hydrogen-bond acceptors (Lipinski definition) is 5. The number of rotatable bonds is 4. The standard InChI is InChI=1S/C16H19N3O2S.ClH/c1-2-11-3-5-12(6-4-11)13-10-22-16(18-13)19-15(20)14-9-17-7-8-21-14;/h3-6,10,14,17H,2,7-9H2,1H3,(H,18,19,20);1H. The van der Waals surface area contributed by atoms with Crippen molar-refractivity contribution in [3.63, 3.8) is 0 Å². The summed E-state index contributed by atoms with van der Waals surface area (Å²) >= 11 is 1.43. The molecule has 7 heteroatoms. The topological polar surface area (TPSA) is 63.2 Å². The van der Waals surface area contributed by atoms with E-state index in [0.29, 0.717) is 18.3 Å². The highest BCUT2D eigenvalue weighted by Crippen LogP contribution is 2.25. The minimum absolute atomic E-state index is 0. The maximum atomic E-state index is 12.1. The minimum Gasteiger partial charge on any atom is -0.366 e. The van der Waals surface area contributed by atoms with Crippen LogP contribution in [0.25, 0.3) is 11.3 Å². The van der Waals surface area contributed by atoms with Gasteiger partial charge in [0, 0.05) is 24.0 Å². The van der Waals surface area contributed by atoms with E-state index >= 15 is 0 Å². The van der Waals surface area contributed by atoms with Crippen molar-refractivity contribution >= 4 is 34.8 Å². The number of ether oxygens (including phenoxy) is 1. The van der Waals surface area contributed by atoms with Crippen molar-refractivity contribution in [3.8, 4) is 11.3 Å². The zero-order valence-corrected chi connectivity index (χ0v) is 14.5. The Balaban J connectivity index is 0.00000192. The molecule has 1 unspecified atom stereocenters. The molecule has 1 amide bonds. The quantitative estimate of drug-likeness (QED) is 0.887. The molecule has 0 spiro atoms. The molecule has 2 aromatic rings. The van der Waals surface area contributed by atoms with E-state index < -0.39 is 6.10 Å². The van der Waals surface area contributed by atoms with Crippen molar-refractivity contribution in [1.29, 1.82) is 0 Å². The summed E-state index contributed by atoms with van der Waals surface area (Å²) in [5.41, 5.74) is 3.24. The molecule has 1 aliphatic rings. The molecule has 2 N–H and O–H groups in total. The summed E-state index contributed by atoms with van der Waals surface area (Å²) in [6.45, 7) is 4.03. The van der Waals surface area contributed by atoms with Gasteiger partial charge in [0.1, 0.15) is 6.10 Å². The molecule has 1 saturated heterocycles. The molecule has 0 saturated carbocycles. The average molecular weight is 354 g/mol. The number of morpholine rings is 1. The van der Waals surface area contributed by atoms with Crippen LogP contribution in [0.3, 0.4) is 0 Å². The number of thiazole rings is 1. The number of carbonyl (C=O) groups is 1. The Labute approximate surface area is 145 Å². The summed E-state index contributed by atoms with van der Waals surface area (Å²) < 4.78 is 5.43. The third kappa shape index (κ3) is 4.51. The maximum absolute atomic E-state index is 12.1. The van der Waals surface area contributed by atoms with Crippen molar-refractivity contribution in [1.82, 2.24) is 10.3 Å². The molecule has 5 nitrogen and oxygen atoms in total. The van der Waals surface area contributed by atoms with Gasteiger partial charge >= 0.3 is 0 Å². The maximum Gasteiger partial charge on any atom is 0.256 e. The Kier molecular flexibility index (Phi) is 6.53. The molecule has 1 fully saturated rings. The average Bonchev–Trinajstić information content (AvgIpc) is 3.04. The third-order valence-corrected chi connectivity index (χ3v) is 4.37. The summed E-state index contributed by atoms with van der Waals surface area (Å²) in [4.78, 5) is 16.6. The number of carbonyl (C=O) groups excluding carboxylic acids is 1. The summed E-state index contributed by atoms with van der Waals surface area (Å²) in [5, 5.41) is 8.53. The van der Waals surface area contributed by atoms with E-state index in [1.807, 2.05) is 5.38 Å². The number of benzene rings is 1. The van der Waals surface area contributed by atoms with E-state index in [1.165, 1.54) is 16.9 Å². The van der Waals surface area contributed by atoms with Gasteiger partial charge in [-0.1, -0.05) is 31.2 Å². The monoisotopic (exact) mass is 353 g/mol. The van der Waals surface area contributed by atoms with Crippen LogP contribution in [0, 0.1) is 0 Å². The predicted octanol–water partition coefficient (Wildman–Crippen LogP) is 2.72. The third-order valence-electron chi connectivity index (χ3n) is 3.61. The second-order valence-corrected chi connectivity index (χ2v) is 6.00. The molecule has 1 aliphatic heterocycles. The summed E-state index contributed by atoms with van der Waals surface area (Å²) in [5.74, 6) is -0.144. The van der Waals surface area contributed by atoms with E-state index in [-0.39, 0.29) is 18.3 Å². The lowest BCUT2D eigenvalue weighted by Crippen LogP contribution is -2.45. The molecule has 1 aromatic carbocycles. The smallest absolute Gasteiger partial charge is 0.256 e. The highest BCUT2D eigenvalue weighted by atomic mass is 35.5. The summed E-state index contributed by atoms with van der Waals surface area (Å²) in [7, 11) is 0. The predicted molar refractivity (Wildman–Crippen MR) is 95.4 cm³/mol. The molecule has 1 aromatic heterocycles. The molecule has 23 heavy (non-hydrogen) atoms. The lowest BCUT2D eigenvalue weighted by molar-refractivity contribution is -0.128. The number of anilines is 1. The molecule has 2 heterocycles. The van der Waals surface area contributed by atoms with Crippen LogP contribution in [0.4, 0.5) is 5.13 Å². The van der Waals surface area contributed by atoms with Crippen molar-refractivity contribution in [2.24, 2.45) is 0 Å². The first-order valence-corrected chi connectivity index (χ1v) is 8.32. The van der Waals surface area contributed by atoms with Crippen LogP contribution in [-0.2, 0) is 16.0 Å². The molecule has 1 atom stereocenters. The van der Waals surface area contributed by atoms with E-state index in [1.54, 1.807) is 0 Å². The Bertz CT molecular complexity index is 639. The number of aryl methyl sites for hydroxylation is 1. The highest BCUT2D eigenvalue weighted by molar-refractivity contribution is 7.14. The fraction of sp³-hybridized carbons (Fsp3) is 0.375. The van der Waals surface area contributed by atoms with Gasteiger partial charge in [0.2, 0.25) is 0 Å². The van der Waals surface area contributed by atoms with Gasteiger partial charge in [-0.25, -0.2) is 4.98 Å². The zero-order chi connectivity index (χ0) is 15.4. The number of amides is 1. The molecule has 0 aliphatic carbocycles. The number of halogens is 1. The zero-order valence-electron chi connectivity index (χ0n) is 12.9. The van der Waals surface area contributed by atoms with Crippen LogP contribution in [0.15, 0.2) is 29.6 Å². The second-order valence-electron chi connectivity index (χ2n) is 5.14. The van der Waals surface area contributed by atoms with Crippen LogP contribution < -0.4 is 10.6 Å². The second kappa shape index (κ2) is 8.40. The Morgan fingerprint density at radius 2 is 2.22 bits per heavy atom. The van der Waals surface area contributed by atoms with Gasteiger partial charge < -0.3 is 10.1 Å². The van der Waals surface area contributed by atoms with Crippen LogP contribution in [0.5, 0.6) is 0 Å². The molecule has 0 radical (unpaired) electrons. The summed E-state index contributed by atoms with van der Waals surface area (Å²) in [6.07, 6.45) is 0.582. The number of hydrogen-bond donors (Lipinski definition) is 2. The number of nitrogens with one attached hydrogen (secondary N) is 2. The Morgan fingerprint density at radius 3 is 2.87 bits per heavy atom. The van der Waals surface area contributed by atoms with Gasteiger partial charge in [-0.2, -0.15) is 0 Å². The van der Waals surface area contributed by atoms with E-state index in [0.717, 1.165) is 24.2 Å². The fourth-order valence-electron chi connectivity index (χ4n) is 2.29. The van der Waals surface area contributed by atoms with E-state index in [4.69, 9.17) is 4.74 Å².